The number of nitrogens with one attached hydrogen (secondary N) is 1. The van der Waals surface area contributed by atoms with Gasteiger partial charge in [0.05, 0.1) is 7.11 Å². The fraction of sp³-hybridized carbons (Fsp3) is 0.0769. The maximum atomic E-state index is 10.3. The summed E-state index contributed by atoms with van der Waals surface area (Å²) in [5, 5.41) is 6.05. The van der Waals surface area contributed by atoms with Gasteiger partial charge in [0.15, 0.2) is 0 Å². The lowest BCUT2D eigenvalue weighted by atomic mass is 10.2. The second-order valence-electron chi connectivity index (χ2n) is 3.49. The van der Waals surface area contributed by atoms with Crippen molar-refractivity contribution < 1.29 is 4.74 Å². The van der Waals surface area contributed by atoms with E-state index in [0.717, 1.165) is 17.1 Å². The van der Waals surface area contributed by atoms with Crippen molar-refractivity contribution in [1.82, 2.24) is 0 Å². The second kappa shape index (κ2) is 5.12. The summed E-state index contributed by atoms with van der Waals surface area (Å²) >= 11 is 0. The monoisotopic (exact) mass is 228 g/mol. The van der Waals surface area contributed by atoms with Gasteiger partial charge in [-0.15, -0.1) is 4.91 Å². The fourth-order valence-electron chi connectivity index (χ4n) is 1.45. The number of nitrogens with zero attached hydrogens (tertiary/aromatic N) is 1. The Balaban J connectivity index is 2.10. The lowest BCUT2D eigenvalue weighted by Gasteiger charge is -2.07. The number of rotatable bonds is 4. The molecule has 0 amide bonds. The minimum absolute atomic E-state index is 0.422. The van der Waals surface area contributed by atoms with Gasteiger partial charge in [-0.05, 0) is 53.7 Å². The number of ether oxygens (including phenoxy) is 1. The van der Waals surface area contributed by atoms with Crippen LogP contribution in [0.4, 0.5) is 17.1 Å². The molecule has 0 saturated carbocycles. The first kappa shape index (κ1) is 11.1. The highest BCUT2D eigenvalue weighted by molar-refractivity contribution is 5.62. The summed E-state index contributed by atoms with van der Waals surface area (Å²) in [4.78, 5) is 10.3. The van der Waals surface area contributed by atoms with Gasteiger partial charge in [-0.3, -0.25) is 0 Å². The molecule has 0 fully saturated rings. The molecule has 2 aromatic rings. The molecular weight excluding hydrogens is 216 g/mol. The van der Waals surface area contributed by atoms with Crippen molar-refractivity contribution in [3.8, 4) is 5.75 Å². The molecule has 0 aromatic heterocycles. The van der Waals surface area contributed by atoms with Crippen molar-refractivity contribution in [3.63, 3.8) is 0 Å². The van der Waals surface area contributed by atoms with E-state index in [-0.39, 0.29) is 0 Å². The zero-order valence-corrected chi connectivity index (χ0v) is 9.38. The molecule has 17 heavy (non-hydrogen) atoms. The summed E-state index contributed by atoms with van der Waals surface area (Å²) in [5.74, 6) is 0.816. The van der Waals surface area contributed by atoms with Crippen LogP contribution < -0.4 is 10.1 Å². The van der Waals surface area contributed by atoms with Crippen molar-refractivity contribution in [2.45, 2.75) is 0 Å². The van der Waals surface area contributed by atoms with Crippen LogP contribution in [-0.2, 0) is 0 Å². The molecule has 0 unspecified atom stereocenters. The third-order valence-electron chi connectivity index (χ3n) is 2.35. The molecular formula is C13H12N2O2. The Hall–Kier alpha value is -2.36. The van der Waals surface area contributed by atoms with Crippen LogP contribution in [-0.4, -0.2) is 7.11 Å². The molecule has 2 rings (SSSR count). The van der Waals surface area contributed by atoms with Crippen LogP contribution in [0.3, 0.4) is 0 Å². The van der Waals surface area contributed by atoms with Crippen LogP contribution in [0.2, 0.25) is 0 Å². The van der Waals surface area contributed by atoms with E-state index in [0.29, 0.717) is 5.69 Å². The molecule has 2 aromatic carbocycles. The Bertz CT molecular complexity index is 492. The number of nitroso groups, excluding NO2 is 1. The van der Waals surface area contributed by atoms with Crippen molar-refractivity contribution in [3.05, 3.63) is 53.4 Å². The van der Waals surface area contributed by atoms with Gasteiger partial charge in [0.25, 0.3) is 0 Å². The van der Waals surface area contributed by atoms with E-state index in [1.54, 1.807) is 31.4 Å². The SMILES string of the molecule is COc1ccc(Nc2ccc(N=O)cc2)cc1. The highest BCUT2D eigenvalue weighted by Crippen LogP contribution is 2.21. The lowest BCUT2D eigenvalue weighted by Crippen LogP contribution is -1.89. The van der Waals surface area contributed by atoms with Gasteiger partial charge in [0.2, 0.25) is 0 Å². The standard InChI is InChI=1S/C13H12N2O2/c1-17-13-8-6-11(7-9-13)14-10-2-4-12(15-16)5-3-10/h2-9,14H,1H3. The van der Waals surface area contributed by atoms with Crippen LogP contribution in [0.1, 0.15) is 0 Å². The Labute approximate surface area is 99.2 Å². The molecule has 0 aliphatic heterocycles. The zero-order valence-electron chi connectivity index (χ0n) is 9.38. The van der Waals surface area contributed by atoms with Gasteiger partial charge in [0.1, 0.15) is 11.4 Å². The molecule has 0 aliphatic rings. The number of hydrogen-bond acceptors (Lipinski definition) is 4. The average Bonchev–Trinajstić information content (AvgIpc) is 2.40. The highest BCUT2D eigenvalue weighted by Gasteiger charge is 1.96. The van der Waals surface area contributed by atoms with E-state index in [1.165, 1.54) is 0 Å². The molecule has 0 radical (unpaired) electrons. The summed E-state index contributed by atoms with van der Waals surface area (Å²) in [7, 11) is 1.63. The van der Waals surface area contributed by atoms with Crippen LogP contribution in [0, 0.1) is 4.91 Å². The largest absolute Gasteiger partial charge is 0.497 e. The average molecular weight is 228 g/mol. The fourth-order valence-corrected chi connectivity index (χ4v) is 1.45. The summed E-state index contributed by atoms with van der Waals surface area (Å²) in [5.41, 5.74) is 2.28. The predicted octanol–water partition coefficient (Wildman–Crippen LogP) is 3.84. The Morgan fingerprint density at radius 1 is 0.941 bits per heavy atom. The van der Waals surface area contributed by atoms with E-state index < -0.39 is 0 Å². The van der Waals surface area contributed by atoms with Crippen LogP contribution >= 0.6 is 0 Å². The molecule has 4 heteroatoms. The molecule has 0 heterocycles. The Kier molecular flexibility index (Phi) is 3.35. The zero-order chi connectivity index (χ0) is 12.1. The Morgan fingerprint density at radius 3 is 1.94 bits per heavy atom. The van der Waals surface area contributed by atoms with E-state index in [2.05, 4.69) is 10.5 Å². The second-order valence-corrected chi connectivity index (χ2v) is 3.49. The minimum atomic E-state index is 0.422. The maximum Gasteiger partial charge on any atom is 0.119 e. The van der Waals surface area contributed by atoms with Crippen molar-refractivity contribution in [1.29, 1.82) is 0 Å². The lowest BCUT2D eigenvalue weighted by molar-refractivity contribution is 0.415. The molecule has 0 aliphatic carbocycles. The molecule has 86 valence electrons. The molecule has 0 spiro atoms. The van der Waals surface area contributed by atoms with Gasteiger partial charge in [-0.2, -0.15) is 0 Å². The first-order chi connectivity index (χ1) is 8.31. The third-order valence-corrected chi connectivity index (χ3v) is 2.35. The van der Waals surface area contributed by atoms with Crippen LogP contribution in [0.25, 0.3) is 0 Å². The van der Waals surface area contributed by atoms with Gasteiger partial charge in [-0.25, -0.2) is 0 Å². The number of anilines is 2. The van der Waals surface area contributed by atoms with Crippen molar-refractivity contribution in [2.75, 3.05) is 12.4 Å². The quantitative estimate of drug-likeness (QED) is 0.809. The van der Waals surface area contributed by atoms with Gasteiger partial charge in [-0.1, -0.05) is 0 Å². The normalized spacial score (nSPS) is 9.71. The van der Waals surface area contributed by atoms with E-state index in [9.17, 15) is 4.91 Å². The van der Waals surface area contributed by atoms with Gasteiger partial charge in [0, 0.05) is 11.4 Å². The number of hydrogen-bond donors (Lipinski definition) is 1. The van der Waals surface area contributed by atoms with Gasteiger partial charge >= 0.3 is 0 Å². The summed E-state index contributed by atoms with van der Waals surface area (Å²) < 4.78 is 5.07. The van der Waals surface area contributed by atoms with Crippen LogP contribution in [0.5, 0.6) is 5.75 Å². The molecule has 0 atom stereocenters. The van der Waals surface area contributed by atoms with E-state index in [4.69, 9.17) is 4.74 Å². The minimum Gasteiger partial charge on any atom is -0.497 e. The third kappa shape index (κ3) is 2.81. The van der Waals surface area contributed by atoms with E-state index in [1.807, 2.05) is 24.3 Å². The van der Waals surface area contributed by atoms with E-state index >= 15 is 0 Å². The van der Waals surface area contributed by atoms with Crippen molar-refractivity contribution in [2.24, 2.45) is 5.18 Å². The Morgan fingerprint density at radius 2 is 1.47 bits per heavy atom. The topological polar surface area (TPSA) is 50.7 Å². The first-order valence-corrected chi connectivity index (χ1v) is 5.16. The van der Waals surface area contributed by atoms with Gasteiger partial charge < -0.3 is 10.1 Å². The molecule has 0 bridgehead atoms. The highest BCUT2D eigenvalue weighted by atomic mass is 16.5. The summed E-state index contributed by atoms with van der Waals surface area (Å²) in [6, 6.07) is 14.5. The first-order valence-electron chi connectivity index (χ1n) is 5.16. The van der Waals surface area contributed by atoms with Crippen LogP contribution in [0.15, 0.2) is 53.7 Å². The summed E-state index contributed by atoms with van der Waals surface area (Å²) in [6.45, 7) is 0. The molecule has 4 nitrogen and oxygen atoms in total. The molecule has 1 N–H and O–H groups in total. The smallest absolute Gasteiger partial charge is 0.119 e. The number of benzene rings is 2. The summed E-state index contributed by atoms with van der Waals surface area (Å²) in [6.07, 6.45) is 0. The molecule has 0 saturated heterocycles. The maximum absolute atomic E-state index is 10.3. The predicted molar refractivity (Wildman–Crippen MR) is 68.2 cm³/mol. The number of methoxy groups -OCH3 is 1. The van der Waals surface area contributed by atoms with Crippen molar-refractivity contribution >= 4 is 17.1 Å².